The number of carbonyl (C=O) groups excluding carboxylic acids is 1. The molecule has 5 rings (SSSR count). The summed E-state index contributed by atoms with van der Waals surface area (Å²) in [6.45, 7) is 5.44. The van der Waals surface area contributed by atoms with Crippen molar-refractivity contribution >= 4 is 28.6 Å². The van der Waals surface area contributed by atoms with Gasteiger partial charge in [0.2, 0.25) is 0 Å². The first kappa shape index (κ1) is 17.1. The van der Waals surface area contributed by atoms with Crippen LogP contribution in [0.15, 0.2) is 127 Å². The van der Waals surface area contributed by atoms with E-state index in [9.17, 15) is 4.79 Å². The molecular formula is C24H16N4O. The van der Waals surface area contributed by atoms with E-state index in [1.165, 1.54) is 6.92 Å². The lowest BCUT2D eigenvalue weighted by atomic mass is 9.99. The summed E-state index contributed by atoms with van der Waals surface area (Å²) in [6, 6.07) is 0. The molecule has 0 radical (unpaired) electrons. The molecule has 0 atom stereocenters. The Balaban J connectivity index is 1.66. The van der Waals surface area contributed by atoms with E-state index < -0.39 is 0 Å². The molecule has 0 N–H and O–H groups in total. The summed E-state index contributed by atoms with van der Waals surface area (Å²) in [5.41, 5.74) is 7.40. The maximum Gasteiger partial charge on any atom is 0.159 e. The van der Waals surface area contributed by atoms with Gasteiger partial charge in [-0.05, 0) is 73.8 Å². The van der Waals surface area contributed by atoms with E-state index in [1.54, 1.807) is 0 Å². The molecule has 8 bridgehead atoms. The normalized spacial score (nSPS) is 20.9. The lowest BCUT2D eigenvalue weighted by Crippen LogP contribution is -2.05. The van der Waals surface area contributed by atoms with Gasteiger partial charge >= 0.3 is 0 Å². The molecule has 29 heavy (non-hydrogen) atoms. The highest BCUT2D eigenvalue weighted by Crippen LogP contribution is 2.26. The van der Waals surface area contributed by atoms with Gasteiger partial charge < -0.3 is 0 Å². The molecule has 0 amide bonds. The molecule has 5 aliphatic heterocycles. The topological polar surface area (TPSA) is 66.5 Å². The first-order valence-electron chi connectivity index (χ1n) is 9.22. The standard InChI is InChI=1S/C24H16N4O/c1-14(15(2)29)23-12-22-11-20-6-5-18(26-20)9-16-3-4-17(25-16)10-19-7-8-21(27-19)13-24(23)28-22/h3-13H,1H2,2H3. The van der Waals surface area contributed by atoms with Crippen LogP contribution in [-0.2, 0) is 4.79 Å². The van der Waals surface area contributed by atoms with Gasteiger partial charge in [-0.25, -0.2) is 20.0 Å². The van der Waals surface area contributed by atoms with Crippen LogP contribution in [0.4, 0.5) is 0 Å². The molecule has 5 aliphatic rings. The average Bonchev–Trinajstić information content (AvgIpc) is 3.45. The van der Waals surface area contributed by atoms with E-state index >= 15 is 0 Å². The first-order valence-corrected chi connectivity index (χ1v) is 9.22. The minimum atomic E-state index is -0.0878. The van der Waals surface area contributed by atoms with Crippen LogP contribution >= 0.6 is 0 Å². The molecule has 0 saturated carbocycles. The van der Waals surface area contributed by atoms with Gasteiger partial charge in [-0.1, -0.05) is 6.58 Å². The Kier molecular flexibility index (Phi) is 3.88. The third-order valence-corrected chi connectivity index (χ3v) is 4.79. The maximum absolute atomic E-state index is 11.9. The maximum atomic E-state index is 11.9. The monoisotopic (exact) mass is 376 g/mol. The highest BCUT2D eigenvalue weighted by atomic mass is 16.1. The van der Waals surface area contributed by atoms with Gasteiger partial charge in [0.1, 0.15) is 0 Å². The number of hydrogen-bond acceptors (Lipinski definition) is 5. The molecule has 0 fully saturated rings. The van der Waals surface area contributed by atoms with Gasteiger partial charge in [0.25, 0.3) is 0 Å². The number of allylic oxidation sites excluding steroid dienone is 13. The van der Waals surface area contributed by atoms with Crippen molar-refractivity contribution in [3.63, 3.8) is 0 Å². The van der Waals surface area contributed by atoms with Crippen molar-refractivity contribution in [1.82, 2.24) is 0 Å². The number of ketones is 1. The lowest BCUT2D eigenvalue weighted by Gasteiger charge is -2.03. The van der Waals surface area contributed by atoms with E-state index in [0.717, 1.165) is 39.9 Å². The van der Waals surface area contributed by atoms with Crippen LogP contribution in [0.2, 0.25) is 0 Å². The third-order valence-electron chi connectivity index (χ3n) is 4.79. The molecule has 0 saturated heterocycles. The summed E-state index contributed by atoms with van der Waals surface area (Å²) >= 11 is 0. The number of nitrogens with zero attached hydrogens (tertiary/aromatic N) is 4. The zero-order valence-electron chi connectivity index (χ0n) is 15.8. The number of Topliss-reactive ketones (excluding diaryl/α,β-unsaturated/α-hetero) is 1. The van der Waals surface area contributed by atoms with Gasteiger partial charge in [-0.2, -0.15) is 0 Å². The SMILES string of the molecule is C=C(C(C)=O)C1=CC2=CC3=NC(=CC4=NC(=CC5=NC(=CC1=N2)C=C5)C=C4)C=C3. The Morgan fingerprint density at radius 1 is 0.655 bits per heavy atom. The molecule has 138 valence electrons. The van der Waals surface area contributed by atoms with Crippen LogP contribution in [0.5, 0.6) is 0 Å². The number of fused-ring (bicyclic) bond motifs is 4. The summed E-state index contributed by atoms with van der Waals surface area (Å²) in [5.74, 6) is -0.0878. The van der Waals surface area contributed by atoms with Gasteiger partial charge in [-0.3, -0.25) is 4.79 Å². The quantitative estimate of drug-likeness (QED) is 0.669. The fourth-order valence-electron chi connectivity index (χ4n) is 3.33. The second kappa shape index (κ2) is 6.56. The van der Waals surface area contributed by atoms with Crippen molar-refractivity contribution in [2.75, 3.05) is 0 Å². The summed E-state index contributed by atoms with van der Waals surface area (Å²) in [7, 11) is 0. The summed E-state index contributed by atoms with van der Waals surface area (Å²) in [5, 5.41) is 0. The van der Waals surface area contributed by atoms with Gasteiger partial charge in [-0.15, -0.1) is 0 Å². The van der Waals surface area contributed by atoms with Crippen molar-refractivity contribution in [2.24, 2.45) is 20.0 Å². The highest BCUT2D eigenvalue weighted by Gasteiger charge is 2.20. The van der Waals surface area contributed by atoms with Crippen LogP contribution in [0, 0.1) is 0 Å². The molecule has 0 aliphatic carbocycles. The molecule has 0 unspecified atom stereocenters. The predicted molar refractivity (Wildman–Crippen MR) is 117 cm³/mol. The Morgan fingerprint density at radius 3 is 1.66 bits per heavy atom. The van der Waals surface area contributed by atoms with Crippen LogP contribution in [0.1, 0.15) is 6.92 Å². The zero-order chi connectivity index (χ0) is 20.0. The Bertz CT molecular complexity index is 1260. The van der Waals surface area contributed by atoms with E-state index in [0.29, 0.717) is 16.9 Å². The summed E-state index contributed by atoms with van der Waals surface area (Å²) in [6.07, 6.45) is 21.1. The second-order valence-electron chi connectivity index (χ2n) is 6.98. The molecule has 0 spiro atoms. The summed E-state index contributed by atoms with van der Waals surface area (Å²) < 4.78 is 0. The number of aliphatic imine (C=N–C) groups is 4. The molecule has 0 aromatic carbocycles. The Morgan fingerprint density at radius 2 is 1.14 bits per heavy atom. The molecule has 5 heteroatoms. The van der Waals surface area contributed by atoms with Crippen molar-refractivity contribution in [1.29, 1.82) is 0 Å². The van der Waals surface area contributed by atoms with E-state index in [-0.39, 0.29) is 5.78 Å². The van der Waals surface area contributed by atoms with Gasteiger partial charge in [0.05, 0.1) is 45.6 Å². The fourth-order valence-corrected chi connectivity index (χ4v) is 3.33. The molecule has 0 aromatic rings. The van der Waals surface area contributed by atoms with E-state index in [2.05, 4.69) is 26.5 Å². The van der Waals surface area contributed by atoms with Gasteiger partial charge in [0.15, 0.2) is 5.78 Å². The number of hydrogen-bond donors (Lipinski definition) is 0. The predicted octanol–water partition coefficient (Wildman–Crippen LogP) is 4.09. The van der Waals surface area contributed by atoms with Crippen LogP contribution in [0.25, 0.3) is 0 Å². The fraction of sp³-hybridized carbons (Fsp3) is 0.0417. The van der Waals surface area contributed by atoms with Crippen LogP contribution in [0.3, 0.4) is 0 Å². The molecule has 5 heterocycles. The third kappa shape index (κ3) is 3.34. The smallest absolute Gasteiger partial charge is 0.159 e. The Labute approximate surface area is 168 Å². The number of carbonyl (C=O) groups is 1. The first-order chi connectivity index (χ1) is 14.0. The summed E-state index contributed by atoms with van der Waals surface area (Å²) in [4.78, 5) is 30.4. The van der Waals surface area contributed by atoms with Crippen molar-refractivity contribution in [3.8, 4) is 0 Å². The van der Waals surface area contributed by atoms with E-state index in [1.807, 2.05) is 66.8 Å². The van der Waals surface area contributed by atoms with Crippen molar-refractivity contribution in [2.45, 2.75) is 6.92 Å². The van der Waals surface area contributed by atoms with Crippen LogP contribution in [-0.4, -0.2) is 28.6 Å². The second-order valence-corrected chi connectivity index (χ2v) is 6.98. The van der Waals surface area contributed by atoms with Crippen LogP contribution < -0.4 is 0 Å². The molecule has 5 nitrogen and oxygen atoms in total. The van der Waals surface area contributed by atoms with Gasteiger partial charge in [0, 0.05) is 11.1 Å². The van der Waals surface area contributed by atoms with E-state index in [4.69, 9.17) is 0 Å². The highest BCUT2D eigenvalue weighted by molar-refractivity contribution is 6.22. The zero-order valence-corrected chi connectivity index (χ0v) is 15.8. The largest absolute Gasteiger partial charge is 0.295 e. The molecular weight excluding hydrogens is 360 g/mol. The number of rotatable bonds is 2. The van der Waals surface area contributed by atoms with Crippen molar-refractivity contribution < 1.29 is 4.79 Å². The van der Waals surface area contributed by atoms with Crippen molar-refractivity contribution in [3.05, 3.63) is 107 Å². The average molecular weight is 376 g/mol. The Hall–Kier alpha value is -3.99. The lowest BCUT2D eigenvalue weighted by molar-refractivity contribution is -0.113. The molecule has 0 aromatic heterocycles. The minimum Gasteiger partial charge on any atom is -0.295 e. The minimum absolute atomic E-state index is 0.0878.